The predicted molar refractivity (Wildman–Crippen MR) is 70.6 cm³/mol. The minimum absolute atomic E-state index is 0.0145. The van der Waals surface area contributed by atoms with Gasteiger partial charge in [-0.3, -0.25) is 13.9 Å². The average Bonchev–Trinajstić information content (AvgIpc) is 2.93. The largest absolute Gasteiger partial charge is 0.394 e. The number of H-pyrrole nitrogens is 1. The molecule has 10 heteroatoms. The van der Waals surface area contributed by atoms with Crippen LogP contribution >= 0.6 is 0 Å². The fraction of sp³-hybridized carbons (Fsp3) is 0.545. The van der Waals surface area contributed by atoms with Crippen LogP contribution in [-0.2, 0) is 14.1 Å². The Hall–Kier alpha value is -2.01. The van der Waals surface area contributed by atoms with Crippen molar-refractivity contribution in [2.45, 2.75) is 18.3 Å². The van der Waals surface area contributed by atoms with E-state index < -0.39 is 36.2 Å². The van der Waals surface area contributed by atoms with Crippen molar-refractivity contribution in [3.8, 4) is 0 Å². The normalized spacial score (nSPS) is 16.1. The van der Waals surface area contributed by atoms with Crippen LogP contribution in [0.25, 0.3) is 11.2 Å². The maximum Gasteiger partial charge on any atom is 0.332 e. The second-order valence-corrected chi connectivity index (χ2v) is 4.71. The van der Waals surface area contributed by atoms with Gasteiger partial charge in [-0.2, -0.15) is 0 Å². The summed E-state index contributed by atoms with van der Waals surface area (Å²) in [6, 6.07) is 0. The predicted octanol–water partition coefficient (Wildman–Crippen LogP) is -3.29. The number of aliphatic hydroxyl groups is 4. The molecule has 2 aromatic heterocycles. The van der Waals surface area contributed by atoms with Crippen LogP contribution < -0.4 is 11.2 Å². The number of hydrogen-bond donors (Lipinski definition) is 5. The summed E-state index contributed by atoms with van der Waals surface area (Å²) in [6.45, 7) is -0.751. The molecule has 2 rings (SSSR count). The number of aromatic nitrogens is 4. The lowest BCUT2D eigenvalue weighted by Gasteiger charge is -2.19. The highest BCUT2D eigenvalue weighted by Gasteiger charge is 2.28. The van der Waals surface area contributed by atoms with Crippen LogP contribution in [0.5, 0.6) is 0 Å². The van der Waals surface area contributed by atoms with Crippen molar-refractivity contribution in [3.63, 3.8) is 0 Å². The van der Waals surface area contributed by atoms with E-state index in [1.165, 1.54) is 14.1 Å². The molecule has 0 saturated heterocycles. The minimum atomic E-state index is -1.70. The Bertz CT molecular complexity index is 775. The van der Waals surface area contributed by atoms with Crippen molar-refractivity contribution in [1.29, 1.82) is 0 Å². The SMILES string of the molecule is Cn1c(=O)c2[nH]c([C@@H](O)[C@@H](O)[C@H](O)CO)nc2n(C)c1=O. The molecule has 0 fully saturated rings. The molecule has 0 unspecified atom stereocenters. The Morgan fingerprint density at radius 1 is 1.19 bits per heavy atom. The molecule has 0 aromatic carbocycles. The zero-order chi connectivity index (χ0) is 15.9. The summed E-state index contributed by atoms with van der Waals surface area (Å²) in [6.07, 6.45) is -4.92. The van der Waals surface area contributed by atoms with Crippen LogP contribution in [-0.4, -0.2) is 58.3 Å². The molecule has 10 nitrogen and oxygen atoms in total. The van der Waals surface area contributed by atoms with Gasteiger partial charge in [-0.25, -0.2) is 9.78 Å². The van der Waals surface area contributed by atoms with Crippen LogP contribution in [0.2, 0.25) is 0 Å². The van der Waals surface area contributed by atoms with E-state index in [-0.39, 0.29) is 17.0 Å². The first-order chi connectivity index (χ1) is 9.79. The number of hydrogen-bond acceptors (Lipinski definition) is 7. The maximum atomic E-state index is 11.9. The first kappa shape index (κ1) is 15.4. The quantitative estimate of drug-likeness (QED) is 0.396. The molecule has 0 amide bonds. The maximum absolute atomic E-state index is 11.9. The van der Waals surface area contributed by atoms with Crippen LogP contribution in [0.3, 0.4) is 0 Å². The lowest BCUT2D eigenvalue weighted by Crippen LogP contribution is -2.36. The van der Waals surface area contributed by atoms with E-state index >= 15 is 0 Å². The van der Waals surface area contributed by atoms with E-state index in [4.69, 9.17) is 5.11 Å². The molecule has 5 N–H and O–H groups in total. The van der Waals surface area contributed by atoms with E-state index in [9.17, 15) is 24.9 Å². The third-order valence-corrected chi connectivity index (χ3v) is 3.30. The number of nitrogens with zero attached hydrogens (tertiary/aromatic N) is 3. The Balaban J connectivity index is 2.59. The number of fused-ring (bicyclic) bond motifs is 1. The van der Waals surface area contributed by atoms with Gasteiger partial charge in [-0.15, -0.1) is 0 Å². The van der Waals surface area contributed by atoms with Gasteiger partial charge < -0.3 is 25.4 Å². The summed E-state index contributed by atoms with van der Waals surface area (Å²) in [5.41, 5.74) is -1.21. The Kier molecular flexibility index (Phi) is 3.96. The molecule has 2 aromatic rings. The van der Waals surface area contributed by atoms with E-state index in [0.717, 1.165) is 9.13 Å². The molecule has 2 heterocycles. The third kappa shape index (κ3) is 2.38. The molecular formula is C11H16N4O6. The molecule has 0 radical (unpaired) electrons. The summed E-state index contributed by atoms with van der Waals surface area (Å²) < 4.78 is 1.98. The van der Waals surface area contributed by atoms with E-state index in [2.05, 4.69) is 9.97 Å². The van der Waals surface area contributed by atoms with Gasteiger partial charge in [0, 0.05) is 14.1 Å². The molecule has 116 valence electrons. The molecule has 0 aliphatic heterocycles. The van der Waals surface area contributed by atoms with Crippen LogP contribution in [0.1, 0.15) is 11.9 Å². The summed E-state index contributed by atoms with van der Waals surface area (Å²) in [5.74, 6) is -0.191. The first-order valence-electron chi connectivity index (χ1n) is 6.10. The molecule has 0 bridgehead atoms. The second kappa shape index (κ2) is 5.41. The number of imidazole rings is 1. The zero-order valence-corrected chi connectivity index (χ0v) is 11.4. The lowest BCUT2D eigenvalue weighted by molar-refractivity contribution is -0.0800. The van der Waals surface area contributed by atoms with Gasteiger partial charge in [0.05, 0.1) is 6.61 Å². The van der Waals surface area contributed by atoms with Crippen LogP contribution in [0.15, 0.2) is 9.59 Å². The number of aryl methyl sites for hydroxylation is 1. The molecule has 3 atom stereocenters. The number of aliphatic hydroxyl groups excluding tert-OH is 4. The van der Waals surface area contributed by atoms with Gasteiger partial charge in [0.25, 0.3) is 5.56 Å². The fourth-order valence-corrected chi connectivity index (χ4v) is 1.96. The van der Waals surface area contributed by atoms with Gasteiger partial charge in [0.1, 0.15) is 29.7 Å². The van der Waals surface area contributed by atoms with Gasteiger partial charge in [0.2, 0.25) is 0 Å². The molecule has 0 spiro atoms. The van der Waals surface area contributed by atoms with Crippen molar-refractivity contribution in [3.05, 3.63) is 26.7 Å². The molecule has 0 saturated carbocycles. The van der Waals surface area contributed by atoms with Gasteiger partial charge in [-0.05, 0) is 0 Å². The summed E-state index contributed by atoms with van der Waals surface area (Å²) in [5, 5.41) is 37.6. The topological polar surface area (TPSA) is 154 Å². The van der Waals surface area contributed by atoms with E-state index in [0.29, 0.717) is 0 Å². The highest BCUT2D eigenvalue weighted by atomic mass is 16.4. The molecule has 0 aliphatic carbocycles. The monoisotopic (exact) mass is 300 g/mol. The average molecular weight is 300 g/mol. The van der Waals surface area contributed by atoms with Crippen molar-refractivity contribution in [2.24, 2.45) is 14.1 Å². The van der Waals surface area contributed by atoms with Crippen molar-refractivity contribution < 1.29 is 20.4 Å². The van der Waals surface area contributed by atoms with Gasteiger partial charge in [-0.1, -0.05) is 0 Å². The third-order valence-electron chi connectivity index (χ3n) is 3.30. The molecular weight excluding hydrogens is 284 g/mol. The summed E-state index contributed by atoms with van der Waals surface area (Å²) >= 11 is 0. The van der Waals surface area contributed by atoms with E-state index in [1.807, 2.05) is 0 Å². The summed E-state index contributed by atoms with van der Waals surface area (Å²) in [7, 11) is 2.70. The molecule has 21 heavy (non-hydrogen) atoms. The number of nitrogens with one attached hydrogen (secondary N) is 1. The first-order valence-corrected chi connectivity index (χ1v) is 6.10. The standard InChI is InChI=1S/C11H16N4O6/c1-14-9-5(10(20)15(2)11(14)21)12-8(13-9)7(19)6(18)4(17)3-16/h4,6-7,16-19H,3H2,1-2H3,(H,12,13)/t4-,6+,7+/m1/s1. The highest BCUT2D eigenvalue weighted by molar-refractivity contribution is 5.69. The van der Waals surface area contributed by atoms with Gasteiger partial charge in [0.15, 0.2) is 5.65 Å². The van der Waals surface area contributed by atoms with Crippen LogP contribution in [0, 0.1) is 0 Å². The Morgan fingerprint density at radius 2 is 1.81 bits per heavy atom. The number of aromatic amines is 1. The lowest BCUT2D eigenvalue weighted by atomic mass is 10.1. The van der Waals surface area contributed by atoms with E-state index in [1.54, 1.807) is 0 Å². The summed E-state index contributed by atoms with van der Waals surface area (Å²) in [4.78, 5) is 30.1. The van der Waals surface area contributed by atoms with Gasteiger partial charge >= 0.3 is 5.69 Å². The highest BCUT2D eigenvalue weighted by Crippen LogP contribution is 2.18. The molecule has 0 aliphatic rings. The smallest absolute Gasteiger partial charge is 0.332 e. The van der Waals surface area contributed by atoms with Crippen LogP contribution in [0.4, 0.5) is 0 Å². The Morgan fingerprint density at radius 3 is 2.38 bits per heavy atom. The van der Waals surface area contributed by atoms with Crippen molar-refractivity contribution >= 4 is 11.2 Å². The Labute approximate surface area is 117 Å². The zero-order valence-electron chi connectivity index (χ0n) is 11.4. The van der Waals surface area contributed by atoms with Crippen molar-refractivity contribution in [2.75, 3.05) is 6.61 Å². The minimum Gasteiger partial charge on any atom is -0.394 e. The van der Waals surface area contributed by atoms with Crippen molar-refractivity contribution in [1.82, 2.24) is 19.1 Å². The fourth-order valence-electron chi connectivity index (χ4n) is 1.96. The number of rotatable bonds is 4. The second-order valence-electron chi connectivity index (χ2n) is 4.71.